The van der Waals surface area contributed by atoms with Gasteiger partial charge < -0.3 is 5.32 Å². The summed E-state index contributed by atoms with van der Waals surface area (Å²) in [5.74, 6) is 1.59. The third-order valence-electron chi connectivity index (χ3n) is 2.46. The van der Waals surface area contributed by atoms with Crippen LogP contribution in [0.1, 0.15) is 15.2 Å². The first kappa shape index (κ1) is 17.1. The highest BCUT2D eigenvalue weighted by atomic mass is 79.9. The standard InChI is InChI=1S/C13H11BrCl2N2OS2/c14-11-2-1-9(21-11)7-20-4-3-17-13(19)8-5-10(15)12(16)18-6-8/h1-2,5-6H,3-4,7H2,(H,17,19). The smallest absolute Gasteiger partial charge is 0.252 e. The number of rotatable bonds is 6. The summed E-state index contributed by atoms with van der Waals surface area (Å²) in [6, 6.07) is 5.66. The van der Waals surface area contributed by atoms with Crippen molar-refractivity contribution in [1.29, 1.82) is 0 Å². The molecule has 2 rings (SSSR count). The Balaban J connectivity index is 1.70. The second kappa shape index (κ2) is 8.39. The summed E-state index contributed by atoms with van der Waals surface area (Å²) in [6.45, 7) is 0.594. The van der Waals surface area contributed by atoms with Gasteiger partial charge >= 0.3 is 0 Å². The molecule has 0 fully saturated rings. The molecule has 2 heterocycles. The van der Waals surface area contributed by atoms with E-state index < -0.39 is 0 Å². The van der Waals surface area contributed by atoms with Crippen LogP contribution in [0, 0.1) is 0 Å². The second-order valence-corrected chi connectivity index (χ2v) is 8.43. The average Bonchev–Trinajstić information content (AvgIpc) is 2.87. The van der Waals surface area contributed by atoms with Gasteiger partial charge in [-0.3, -0.25) is 4.79 Å². The summed E-state index contributed by atoms with van der Waals surface area (Å²) in [5, 5.41) is 3.31. The summed E-state index contributed by atoms with van der Waals surface area (Å²) in [5.41, 5.74) is 0.414. The van der Waals surface area contributed by atoms with Gasteiger partial charge in [-0.25, -0.2) is 4.98 Å². The number of hydrogen-bond donors (Lipinski definition) is 1. The van der Waals surface area contributed by atoms with Gasteiger partial charge in [0.2, 0.25) is 0 Å². The lowest BCUT2D eigenvalue weighted by Gasteiger charge is -2.05. The van der Waals surface area contributed by atoms with Crippen molar-refractivity contribution in [3.8, 4) is 0 Å². The van der Waals surface area contributed by atoms with Crippen LogP contribution in [-0.4, -0.2) is 23.2 Å². The van der Waals surface area contributed by atoms with Crippen molar-refractivity contribution >= 4 is 68.1 Å². The average molecular weight is 426 g/mol. The van der Waals surface area contributed by atoms with E-state index in [-0.39, 0.29) is 16.1 Å². The maximum absolute atomic E-state index is 11.9. The SMILES string of the molecule is O=C(NCCSCc1ccc(Br)s1)c1cnc(Cl)c(Cl)c1. The Morgan fingerprint density at radius 3 is 2.90 bits per heavy atom. The molecule has 0 aliphatic rings. The van der Waals surface area contributed by atoms with Gasteiger partial charge in [-0.15, -0.1) is 11.3 Å². The van der Waals surface area contributed by atoms with Crippen molar-refractivity contribution in [2.45, 2.75) is 5.75 Å². The molecule has 21 heavy (non-hydrogen) atoms. The number of hydrogen-bond acceptors (Lipinski definition) is 4. The fourth-order valence-electron chi connectivity index (χ4n) is 1.49. The molecule has 1 amide bonds. The van der Waals surface area contributed by atoms with E-state index in [1.54, 1.807) is 23.1 Å². The van der Waals surface area contributed by atoms with E-state index in [9.17, 15) is 4.79 Å². The molecule has 0 unspecified atom stereocenters. The van der Waals surface area contributed by atoms with Gasteiger partial charge in [-0.2, -0.15) is 11.8 Å². The van der Waals surface area contributed by atoms with E-state index in [4.69, 9.17) is 23.2 Å². The fraction of sp³-hybridized carbons (Fsp3) is 0.231. The molecular weight excluding hydrogens is 415 g/mol. The number of nitrogens with one attached hydrogen (secondary N) is 1. The Kier molecular flexibility index (Phi) is 6.82. The Hall–Kier alpha value is -0.270. The third-order valence-corrected chi connectivity index (χ3v) is 5.96. The van der Waals surface area contributed by atoms with Crippen molar-refractivity contribution in [3.05, 3.63) is 48.8 Å². The Labute approximate surface area is 149 Å². The van der Waals surface area contributed by atoms with Crippen molar-refractivity contribution in [2.75, 3.05) is 12.3 Å². The molecule has 8 heteroatoms. The Morgan fingerprint density at radius 1 is 1.43 bits per heavy atom. The largest absolute Gasteiger partial charge is 0.351 e. The highest BCUT2D eigenvalue weighted by Gasteiger charge is 2.08. The first-order chi connectivity index (χ1) is 10.1. The maximum atomic E-state index is 11.9. The number of halogens is 3. The molecule has 2 aromatic rings. The van der Waals surface area contributed by atoms with E-state index >= 15 is 0 Å². The van der Waals surface area contributed by atoms with Crippen LogP contribution in [0.4, 0.5) is 0 Å². The van der Waals surface area contributed by atoms with E-state index in [2.05, 4.69) is 32.3 Å². The maximum Gasteiger partial charge on any atom is 0.252 e. The molecule has 0 bridgehead atoms. The molecule has 0 radical (unpaired) electrons. The Bertz CT molecular complexity index is 636. The minimum Gasteiger partial charge on any atom is -0.351 e. The van der Waals surface area contributed by atoms with Crippen LogP contribution in [0.3, 0.4) is 0 Å². The molecule has 3 nitrogen and oxygen atoms in total. The number of carbonyl (C=O) groups is 1. The Morgan fingerprint density at radius 2 is 2.24 bits per heavy atom. The minimum absolute atomic E-state index is 0.194. The van der Waals surface area contributed by atoms with Gasteiger partial charge in [-0.05, 0) is 34.1 Å². The van der Waals surface area contributed by atoms with E-state index in [1.807, 2.05) is 6.07 Å². The van der Waals surface area contributed by atoms with Crippen LogP contribution >= 0.6 is 62.2 Å². The number of aromatic nitrogens is 1. The van der Waals surface area contributed by atoms with E-state index in [0.29, 0.717) is 12.1 Å². The van der Waals surface area contributed by atoms with Crippen molar-refractivity contribution < 1.29 is 4.79 Å². The lowest BCUT2D eigenvalue weighted by Crippen LogP contribution is -2.25. The minimum atomic E-state index is -0.194. The molecular formula is C13H11BrCl2N2OS2. The zero-order valence-electron chi connectivity index (χ0n) is 10.7. The van der Waals surface area contributed by atoms with E-state index in [0.717, 1.165) is 15.3 Å². The van der Waals surface area contributed by atoms with Gasteiger partial charge in [0.25, 0.3) is 5.91 Å². The van der Waals surface area contributed by atoms with Crippen LogP contribution in [-0.2, 0) is 5.75 Å². The van der Waals surface area contributed by atoms with Crippen LogP contribution < -0.4 is 5.32 Å². The van der Waals surface area contributed by atoms with Gasteiger partial charge in [0.15, 0.2) is 0 Å². The molecule has 0 aliphatic heterocycles. The van der Waals surface area contributed by atoms with Gasteiger partial charge in [-0.1, -0.05) is 23.2 Å². The third kappa shape index (κ3) is 5.45. The molecule has 0 atom stereocenters. The predicted octanol–water partition coefficient (Wildman–Crippen LogP) is 4.88. The monoisotopic (exact) mass is 424 g/mol. The molecule has 2 aromatic heterocycles. The highest BCUT2D eigenvalue weighted by molar-refractivity contribution is 9.11. The topological polar surface area (TPSA) is 42.0 Å². The number of thioether (sulfide) groups is 1. The number of nitrogens with zero attached hydrogens (tertiary/aromatic N) is 1. The summed E-state index contributed by atoms with van der Waals surface area (Å²) in [7, 11) is 0. The first-order valence-corrected chi connectivity index (χ1v) is 9.49. The lowest BCUT2D eigenvalue weighted by molar-refractivity contribution is 0.0956. The number of thiophene rings is 1. The number of pyridine rings is 1. The molecule has 0 aromatic carbocycles. The molecule has 0 saturated carbocycles. The normalized spacial score (nSPS) is 10.6. The predicted molar refractivity (Wildman–Crippen MR) is 94.8 cm³/mol. The lowest BCUT2D eigenvalue weighted by atomic mass is 10.3. The zero-order valence-corrected chi connectivity index (χ0v) is 15.5. The molecule has 0 spiro atoms. The molecule has 112 valence electrons. The second-order valence-electron chi connectivity index (χ2n) is 4.01. The first-order valence-electron chi connectivity index (χ1n) is 5.97. The van der Waals surface area contributed by atoms with Crippen LogP contribution in [0.2, 0.25) is 10.2 Å². The summed E-state index contributed by atoms with van der Waals surface area (Å²) >= 11 is 18.5. The summed E-state index contributed by atoms with van der Waals surface area (Å²) in [6.07, 6.45) is 1.42. The van der Waals surface area contributed by atoms with Crippen molar-refractivity contribution in [1.82, 2.24) is 10.3 Å². The molecule has 1 N–H and O–H groups in total. The van der Waals surface area contributed by atoms with Crippen LogP contribution in [0.5, 0.6) is 0 Å². The fourth-order valence-corrected chi connectivity index (χ4v) is 4.21. The quantitative estimate of drug-likeness (QED) is 0.529. The number of carbonyl (C=O) groups excluding carboxylic acids is 1. The van der Waals surface area contributed by atoms with Crippen molar-refractivity contribution in [2.24, 2.45) is 0 Å². The molecule has 0 aliphatic carbocycles. The van der Waals surface area contributed by atoms with E-state index in [1.165, 1.54) is 17.1 Å². The van der Waals surface area contributed by atoms with Crippen LogP contribution in [0.15, 0.2) is 28.2 Å². The molecule has 0 saturated heterocycles. The van der Waals surface area contributed by atoms with Gasteiger partial charge in [0.1, 0.15) is 5.15 Å². The summed E-state index contributed by atoms with van der Waals surface area (Å²) < 4.78 is 1.14. The summed E-state index contributed by atoms with van der Waals surface area (Å²) in [4.78, 5) is 17.0. The van der Waals surface area contributed by atoms with Gasteiger partial charge in [0, 0.05) is 29.1 Å². The zero-order chi connectivity index (χ0) is 15.2. The van der Waals surface area contributed by atoms with Gasteiger partial charge in [0.05, 0.1) is 14.4 Å². The highest BCUT2D eigenvalue weighted by Crippen LogP contribution is 2.25. The number of amides is 1. The van der Waals surface area contributed by atoms with Crippen molar-refractivity contribution in [3.63, 3.8) is 0 Å². The van der Waals surface area contributed by atoms with Crippen LogP contribution in [0.25, 0.3) is 0 Å².